The number of carbonyl (C=O) groups is 2. The Morgan fingerprint density at radius 2 is 1.85 bits per heavy atom. The lowest BCUT2D eigenvalue weighted by molar-refractivity contribution is -0.187. The molecule has 74 valence electrons. The van der Waals surface area contributed by atoms with Crippen molar-refractivity contribution in [1.82, 2.24) is 5.06 Å². The van der Waals surface area contributed by atoms with Crippen LogP contribution in [0.4, 0.5) is 0 Å². The maximum atomic E-state index is 11.0. The van der Waals surface area contributed by atoms with Crippen LogP contribution in [-0.2, 0) is 14.4 Å². The number of amides is 2. The van der Waals surface area contributed by atoms with Crippen LogP contribution in [0, 0.1) is 0 Å². The topological polar surface area (TPSA) is 46.6 Å². The summed E-state index contributed by atoms with van der Waals surface area (Å²) in [6, 6.07) is 0. The molecule has 13 heavy (non-hydrogen) atoms. The summed E-state index contributed by atoms with van der Waals surface area (Å²) in [7, 11) is 0. The van der Waals surface area contributed by atoms with Crippen molar-refractivity contribution in [3.8, 4) is 0 Å². The van der Waals surface area contributed by atoms with Gasteiger partial charge in [0, 0.05) is 12.8 Å². The predicted molar refractivity (Wildman–Crippen MR) is 46.6 cm³/mol. The molecule has 0 bridgehead atoms. The lowest BCUT2D eigenvalue weighted by Crippen LogP contribution is -2.29. The number of unbranched alkanes of at least 4 members (excludes halogenated alkanes) is 2. The Balaban J connectivity index is 2.20. The quantitative estimate of drug-likeness (QED) is 0.478. The van der Waals surface area contributed by atoms with Crippen molar-refractivity contribution in [2.24, 2.45) is 0 Å². The summed E-state index contributed by atoms with van der Waals surface area (Å²) in [5, 5.41) is 0.912. The molecule has 0 aliphatic carbocycles. The zero-order valence-electron chi connectivity index (χ0n) is 7.91. The Kier molecular flexibility index (Phi) is 3.89. The molecule has 1 aliphatic rings. The maximum absolute atomic E-state index is 11.0. The van der Waals surface area contributed by atoms with Crippen LogP contribution < -0.4 is 0 Å². The second-order valence-electron chi connectivity index (χ2n) is 3.12. The molecule has 0 N–H and O–H groups in total. The van der Waals surface area contributed by atoms with E-state index < -0.39 is 0 Å². The monoisotopic (exact) mass is 185 g/mol. The fraction of sp³-hybridized carbons (Fsp3) is 0.778. The standard InChI is InChI=1S/C9H15NO3/c1-2-3-4-7-13-10-8(11)5-6-9(10)12/h2-7H2,1H3. The molecular formula is C9H15NO3. The number of nitrogens with zero attached hydrogens (tertiary/aromatic N) is 1. The highest BCUT2D eigenvalue weighted by Gasteiger charge is 2.29. The zero-order valence-corrected chi connectivity index (χ0v) is 7.91. The summed E-state index contributed by atoms with van der Waals surface area (Å²) in [6.45, 7) is 2.55. The van der Waals surface area contributed by atoms with Gasteiger partial charge in [-0.15, -0.1) is 0 Å². The molecule has 0 spiro atoms. The molecule has 0 unspecified atom stereocenters. The average Bonchev–Trinajstić information content (AvgIpc) is 2.42. The Bertz CT molecular complexity index is 187. The van der Waals surface area contributed by atoms with Crippen molar-refractivity contribution in [2.75, 3.05) is 6.61 Å². The molecule has 2 amide bonds. The minimum absolute atomic E-state index is 0.207. The van der Waals surface area contributed by atoms with Crippen molar-refractivity contribution < 1.29 is 14.4 Å². The predicted octanol–water partition coefficient (Wildman–Crippen LogP) is 1.26. The van der Waals surface area contributed by atoms with Crippen molar-refractivity contribution in [3.63, 3.8) is 0 Å². The lowest BCUT2D eigenvalue weighted by Gasteiger charge is -2.12. The molecular weight excluding hydrogens is 170 g/mol. The van der Waals surface area contributed by atoms with Crippen LogP contribution in [0.3, 0.4) is 0 Å². The SMILES string of the molecule is CCCCCON1C(=O)CCC1=O. The molecule has 0 aromatic heterocycles. The highest BCUT2D eigenvalue weighted by atomic mass is 16.7. The second-order valence-corrected chi connectivity index (χ2v) is 3.12. The fourth-order valence-corrected chi connectivity index (χ4v) is 1.21. The van der Waals surface area contributed by atoms with Crippen LogP contribution >= 0.6 is 0 Å². The molecule has 4 nitrogen and oxygen atoms in total. The summed E-state index contributed by atoms with van der Waals surface area (Å²) in [5.74, 6) is -0.414. The van der Waals surface area contributed by atoms with E-state index in [9.17, 15) is 9.59 Å². The minimum Gasteiger partial charge on any atom is -0.272 e. The number of imide groups is 1. The van der Waals surface area contributed by atoms with Gasteiger partial charge in [0.25, 0.3) is 11.8 Å². The third-order valence-electron chi connectivity index (χ3n) is 1.97. The summed E-state index contributed by atoms with van der Waals surface area (Å²) in [4.78, 5) is 27.1. The van der Waals surface area contributed by atoms with Gasteiger partial charge in [0.1, 0.15) is 0 Å². The fourth-order valence-electron chi connectivity index (χ4n) is 1.21. The third-order valence-corrected chi connectivity index (χ3v) is 1.97. The molecule has 0 saturated carbocycles. The number of hydrogen-bond acceptors (Lipinski definition) is 3. The molecule has 0 aromatic rings. The van der Waals surface area contributed by atoms with Crippen molar-refractivity contribution in [3.05, 3.63) is 0 Å². The van der Waals surface area contributed by atoms with E-state index in [0.29, 0.717) is 19.4 Å². The van der Waals surface area contributed by atoms with Crippen molar-refractivity contribution >= 4 is 11.8 Å². The molecule has 4 heteroatoms. The zero-order chi connectivity index (χ0) is 9.68. The van der Waals surface area contributed by atoms with E-state index in [1.807, 2.05) is 0 Å². The van der Waals surface area contributed by atoms with E-state index >= 15 is 0 Å². The summed E-state index contributed by atoms with van der Waals surface area (Å²) < 4.78 is 0. The molecule has 1 rings (SSSR count). The summed E-state index contributed by atoms with van der Waals surface area (Å²) in [6.07, 6.45) is 3.66. The smallest absolute Gasteiger partial charge is 0.253 e. The average molecular weight is 185 g/mol. The molecule has 0 radical (unpaired) electrons. The number of hydrogen-bond donors (Lipinski definition) is 0. The molecule has 1 saturated heterocycles. The van der Waals surface area contributed by atoms with Gasteiger partial charge >= 0.3 is 0 Å². The number of hydroxylamine groups is 2. The number of carbonyl (C=O) groups excluding carboxylic acids is 2. The Morgan fingerprint density at radius 1 is 1.23 bits per heavy atom. The van der Waals surface area contributed by atoms with Crippen LogP contribution in [0.2, 0.25) is 0 Å². The van der Waals surface area contributed by atoms with E-state index in [1.54, 1.807) is 0 Å². The van der Waals surface area contributed by atoms with Gasteiger partial charge in [-0.25, -0.2) is 0 Å². The van der Waals surface area contributed by atoms with Gasteiger partial charge in [-0.1, -0.05) is 19.8 Å². The van der Waals surface area contributed by atoms with Gasteiger partial charge in [-0.05, 0) is 6.42 Å². The van der Waals surface area contributed by atoms with Crippen LogP contribution in [-0.4, -0.2) is 23.5 Å². The molecule has 0 aromatic carbocycles. The van der Waals surface area contributed by atoms with E-state index in [1.165, 1.54) is 0 Å². The van der Waals surface area contributed by atoms with Gasteiger partial charge in [-0.2, -0.15) is 5.06 Å². The Morgan fingerprint density at radius 3 is 2.38 bits per heavy atom. The van der Waals surface area contributed by atoms with E-state index in [0.717, 1.165) is 24.3 Å². The van der Waals surface area contributed by atoms with E-state index in [-0.39, 0.29) is 11.8 Å². The Labute approximate surface area is 77.8 Å². The van der Waals surface area contributed by atoms with Gasteiger partial charge in [0.2, 0.25) is 0 Å². The third kappa shape index (κ3) is 2.81. The normalized spacial score (nSPS) is 17.2. The van der Waals surface area contributed by atoms with Gasteiger partial charge in [0.15, 0.2) is 0 Å². The molecule has 1 fully saturated rings. The minimum atomic E-state index is -0.207. The maximum Gasteiger partial charge on any atom is 0.253 e. The Hall–Kier alpha value is -0.900. The molecule has 1 aliphatic heterocycles. The van der Waals surface area contributed by atoms with Crippen LogP contribution in [0.25, 0.3) is 0 Å². The molecule has 0 atom stereocenters. The number of rotatable bonds is 5. The van der Waals surface area contributed by atoms with Crippen molar-refractivity contribution in [2.45, 2.75) is 39.0 Å². The summed E-state index contributed by atoms with van der Waals surface area (Å²) in [5.41, 5.74) is 0. The first-order valence-corrected chi connectivity index (χ1v) is 4.74. The highest BCUT2D eigenvalue weighted by molar-refractivity contribution is 6.00. The van der Waals surface area contributed by atoms with Gasteiger partial charge in [-0.3, -0.25) is 14.4 Å². The van der Waals surface area contributed by atoms with Gasteiger partial charge in [0.05, 0.1) is 6.61 Å². The highest BCUT2D eigenvalue weighted by Crippen LogP contribution is 2.12. The van der Waals surface area contributed by atoms with E-state index in [2.05, 4.69) is 6.92 Å². The van der Waals surface area contributed by atoms with Gasteiger partial charge < -0.3 is 0 Å². The second kappa shape index (κ2) is 4.97. The van der Waals surface area contributed by atoms with Crippen LogP contribution in [0.5, 0.6) is 0 Å². The van der Waals surface area contributed by atoms with Crippen LogP contribution in [0.15, 0.2) is 0 Å². The first-order valence-electron chi connectivity index (χ1n) is 4.74. The van der Waals surface area contributed by atoms with Crippen LogP contribution in [0.1, 0.15) is 39.0 Å². The molecule has 1 heterocycles. The summed E-state index contributed by atoms with van der Waals surface area (Å²) >= 11 is 0. The van der Waals surface area contributed by atoms with Crippen molar-refractivity contribution in [1.29, 1.82) is 0 Å². The van der Waals surface area contributed by atoms with E-state index in [4.69, 9.17) is 4.84 Å². The largest absolute Gasteiger partial charge is 0.272 e. The first-order chi connectivity index (χ1) is 6.25. The first kappa shape index (κ1) is 10.2. The lowest BCUT2D eigenvalue weighted by atomic mass is 10.3.